The summed E-state index contributed by atoms with van der Waals surface area (Å²) >= 11 is 0. The van der Waals surface area contributed by atoms with Crippen LogP contribution < -0.4 is 15.5 Å². The molecule has 0 bridgehead atoms. The first kappa shape index (κ1) is 21.8. The quantitative estimate of drug-likeness (QED) is 0.772. The number of rotatable bonds is 6. The maximum Gasteiger partial charge on any atom is 0.243 e. The van der Waals surface area contributed by atoms with Gasteiger partial charge in [-0.15, -0.1) is 0 Å². The van der Waals surface area contributed by atoms with Crippen LogP contribution in [0.2, 0.25) is 0 Å². The van der Waals surface area contributed by atoms with E-state index < -0.39 is 0 Å². The lowest BCUT2D eigenvalue weighted by Gasteiger charge is -2.36. The van der Waals surface area contributed by atoms with Crippen LogP contribution in [0, 0.1) is 27.7 Å². The number of benzene rings is 2. The van der Waals surface area contributed by atoms with Gasteiger partial charge < -0.3 is 15.5 Å². The van der Waals surface area contributed by atoms with E-state index >= 15 is 0 Å². The average Bonchev–Trinajstić information content (AvgIpc) is 2.72. The van der Waals surface area contributed by atoms with E-state index in [4.69, 9.17) is 0 Å². The van der Waals surface area contributed by atoms with Crippen LogP contribution in [0.5, 0.6) is 0 Å². The van der Waals surface area contributed by atoms with E-state index in [1.54, 1.807) is 0 Å². The van der Waals surface area contributed by atoms with Gasteiger partial charge in [0.05, 0.1) is 13.1 Å². The Morgan fingerprint density at radius 1 is 0.833 bits per heavy atom. The highest BCUT2D eigenvalue weighted by Gasteiger charge is 2.20. The molecule has 0 spiro atoms. The van der Waals surface area contributed by atoms with Crippen molar-refractivity contribution in [2.75, 3.05) is 49.5 Å². The topological polar surface area (TPSA) is 64.7 Å². The van der Waals surface area contributed by atoms with Crippen LogP contribution in [0.1, 0.15) is 22.3 Å². The molecule has 1 heterocycles. The van der Waals surface area contributed by atoms with E-state index in [-0.39, 0.29) is 18.4 Å². The molecule has 160 valence electrons. The number of carbonyl (C=O) groups excluding carboxylic acids is 2. The van der Waals surface area contributed by atoms with Crippen LogP contribution in [-0.2, 0) is 9.59 Å². The molecule has 2 aromatic carbocycles. The lowest BCUT2D eigenvalue weighted by Crippen LogP contribution is -2.50. The Morgan fingerprint density at radius 2 is 1.43 bits per heavy atom. The Balaban J connectivity index is 1.43. The molecule has 0 radical (unpaired) electrons. The Kier molecular flexibility index (Phi) is 7.11. The van der Waals surface area contributed by atoms with Crippen LogP contribution in [0.3, 0.4) is 0 Å². The summed E-state index contributed by atoms with van der Waals surface area (Å²) < 4.78 is 0. The number of nitrogens with one attached hydrogen (secondary N) is 2. The first-order valence-corrected chi connectivity index (χ1v) is 10.5. The number of piperazine rings is 1. The number of nitrogens with zero attached hydrogens (tertiary/aromatic N) is 2. The Bertz CT molecular complexity index is 897. The van der Waals surface area contributed by atoms with Crippen LogP contribution in [0.15, 0.2) is 36.4 Å². The van der Waals surface area contributed by atoms with Crippen LogP contribution in [0.4, 0.5) is 11.4 Å². The van der Waals surface area contributed by atoms with Crippen molar-refractivity contribution in [3.63, 3.8) is 0 Å². The summed E-state index contributed by atoms with van der Waals surface area (Å²) in [7, 11) is 0. The fourth-order valence-corrected chi connectivity index (χ4v) is 3.86. The molecule has 1 fully saturated rings. The molecule has 1 saturated heterocycles. The number of amides is 2. The van der Waals surface area contributed by atoms with Crippen molar-refractivity contribution < 1.29 is 9.59 Å². The molecule has 6 heteroatoms. The fraction of sp³-hybridized carbons (Fsp3) is 0.417. The van der Waals surface area contributed by atoms with Gasteiger partial charge in [-0.05, 0) is 56.0 Å². The molecule has 0 aromatic heterocycles. The largest absolute Gasteiger partial charge is 0.369 e. The lowest BCUT2D eigenvalue weighted by atomic mass is 10.1. The van der Waals surface area contributed by atoms with E-state index in [2.05, 4.69) is 52.5 Å². The van der Waals surface area contributed by atoms with Gasteiger partial charge in [-0.1, -0.05) is 30.3 Å². The van der Waals surface area contributed by atoms with Crippen molar-refractivity contribution in [3.05, 3.63) is 58.7 Å². The highest BCUT2D eigenvalue weighted by molar-refractivity contribution is 5.95. The highest BCUT2D eigenvalue weighted by Crippen LogP contribution is 2.23. The molecule has 1 aliphatic rings. The zero-order chi connectivity index (χ0) is 21.7. The van der Waals surface area contributed by atoms with Gasteiger partial charge in [0.1, 0.15) is 0 Å². The zero-order valence-electron chi connectivity index (χ0n) is 18.4. The smallest absolute Gasteiger partial charge is 0.243 e. The van der Waals surface area contributed by atoms with Crippen molar-refractivity contribution in [3.8, 4) is 0 Å². The average molecular weight is 409 g/mol. The third-order valence-corrected chi connectivity index (χ3v) is 5.85. The second-order valence-electron chi connectivity index (χ2n) is 8.07. The fourth-order valence-electron chi connectivity index (χ4n) is 3.86. The lowest BCUT2D eigenvalue weighted by molar-refractivity contribution is -0.125. The first-order chi connectivity index (χ1) is 14.3. The molecule has 2 amide bonds. The van der Waals surface area contributed by atoms with E-state index in [1.807, 2.05) is 32.0 Å². The standard InChI is InChI=1S/C24H32N4O2/c1-17-7-6-10-21(20(17)4)28-13-11-27(12-14-28)16-23(30)25-15-22(29)26-24-18(2)8-5-9-19(24)3/h5-10H,11-16H2,1-4H3,(H,25,30)(H,26,29). The summed E-state index contributed by atoms with van der Waals surface area (Å²) in [5.74, 6) is -0.327. The van der Waals surface area contributed by atoms with Crippen LogP contribution >= 0.6 is 0 Å². The maximum atomic E-state index is 12.3. The summed E-state index contributed by atoms with van der Waals surface area (Å²) in [6, 6.07) is 12.3. The molecule has 30 heavy (non-hydrogen) atoms. The predicted octanol–water partition coefficient (Wildman–Crippen LogP) is 2.80. The number of hydrogen-bond acceptors (Lipinski definition) is 4. The molecule has 3 rings (SSSR count). The molecular formula is C24H32N4O2. The van der Waals surface area contributed by atoms with Crippen molar-refractivity contribution in [2.24, 2.45) is 0 Å². The Labute approximate surface area is 179 Å². The second kappa shape index (κ2) is 9.76. The van der Waals surface area contributed by atoms with Gasteiger partial charge >= 0.3 is 0 Å². The van der Waals surface area contributed by atoms with E-state index in [0.29, 0.717) is 6.54 Å². The van der Waals surface area contributed by atoms with Crippen LogP contribution in [-0.4, -0.2) is 56.0 Å². The molecule has 2 N–H and O–H groups in total. The number of carbonyl (C=O) groups is 2. The summed E-state index contributed by atoms with van der Waals surface area (Å²) in [6.45, 7) is 12.0. The van der Waals surface area contributed by atoms with E-state index in [1.165, 1.54) is 16.8 Å². The molecule has 1 aliphatic heterocycles. The summed E-state index contributed by atoms with van der Waals surface area (Å²) in [5.41, 5.74) is 6.74. The van der Waals surface area contributed by atoms with Gasteiger partial charge in [0.2, 0.25) is 11.8 Å². The highest BCUT2D eigenvalue weighted by atomic mass is 16.2. The monoisotopic (exact) mass is 408 g/mol. The number of para-hydroxylation sites is 1. The molecular weight excluding hydrogens is 376 g/mol. The zero-order valence-corrected chi connectivity index (χ0v) is 18.4. The minimum atomic E-state index is -0.208. The molecule has 6 nitrogen and oxygen atoms in total. The Morgan fingerprint density at radius 3 is 2.10 bits per heavy atom. The Hall–Kier alpha value is -2.86. The normalized spacial score (nSPS) is 14.5. The summed E-state index contributed by atoms with van der Waals surface area (Å²) in [6.07, 6.45) is 0. The number of anilines is 2. The predicted molar refractivity (Wildman–Crippen MR) is 122 cm³/mol. The van der Waals surface area contributed by atoms with Gasteiger partial charge in [0.25, 0.3) is 0 Å². The minimum Gasteiger partial charge on any atom is -0.369 e. The third-order valence-electron chi connectivity index (χ3n) is 5.85. The van der Waals surface area contributed by atoms with Gasteiger partial charge in [-0.2, -0.15) is 0 Å². The van der Waals surface area contributed by atoms with E-state index in [0.717, 1.165) is 43.0 Å². The second-order valence-corrected chi connectivity index (χ2v) is 8.07. The van der Waals surface area contributed by atoms with Crippen molar-refractivity contribution in [1.82, 2.24) is 10.2 Å². The molecule has 0 aliphatic carbocycles. The van der Waals surface area contributed by atoms with Gasteiger partial charge in [-0.3, -0.25) is 14.5 Å². The SMILES string of the molecule is Cc1cccc(N2CCN(CC(=O)NCC(=O)Nc3c(C)cccc3C)CC2)c1C. The van der Waals surface area contributed by atoms with Gasteiger partial charge in [0, 0.05) is 37.6 Å². The maximum absolute atomic E-state index is 12.3. The van der Waals surface area contributed by atoms with Crippen molar-refractivity contribution in [2.45, 2.75) is 27.7 Å². The van der Waals surface area contributed by atoms with Gasteiger partial charge in [0.15, 0.2) is 0 Å². The van der Waals surface area contributed by atoms with Crippen molar-refractivity contribution in [1.29, 1.82) is 0 Å². The molecule has 2 aromatic rings. The number of hydrogen-bond donors (Lipinski definition) is 2. The minimum absolute atomic E-state index is 0.0188. The molecule has 0 atom stereocenters. The first-order valence-electron chi connectivity index (χ1n) is 10.5. The summed E-state index contributed by atoms with van der Waals surface area (Å²) in [4.78, 5) is 29.1. The molecule has 0 saturated carbocycles. The summed E-state index contributed by atoms with van der Waals surface area (Å²) in [5, 5.41) is 5.64. The molecule has 0 unspecified atom stereocenters. The van der Waals surface area contributed by atoms with Gasteiger partial charge in [-0.25, -0.2) is 0 Å². The van der Waals surface area contributed by atoms with Crippen LogP contribution in [0.25, 0.3) is 0 Å². The van der Waals surface area contributed by atoms with Crippen molar-refractivity contribution >= 4 is 23.2 Å². The number of aryl methyl sites for hydroxylation is 3. The van der Waals surface area contributed by atoms with E-state index in [9.17, 15) is 9.59 Å². The third kappa shape index (κ3) is 5.39.